The average molecular weight is 491 g/mol. The quantitative estimate of drug-likeness (QED) is 0.471. The van der Waals surface area contributed by atoms with Gasteiger partial charge in [0, 0.05) is 10.9 Å². The van der Waals surface area contributed by atoms with E-state index in [1.807, 2.05) is 18.2 Å². The molecule has 1 aliphatic rings. The number of anilines is 1. The molecule has 0 radical (unpaired) electrons. The Kier molecular flexibility index (Phi) is 7.09. The molecule has 1 fully saturated rings. The van der Waals surface area contributed by atoms with Gasteiger partial charge in [0.1, 0.15) is 23.0 Å². The number of methoxy groups -OCH3 is 2. The molecule has 0 aliphatic heterocycles. The Bertz CT molecular complexity index is 1180. The van der Waals surface area contributed by atoms with Crippen molar-refractivity contribution in [1.29, 1.82) is 0 Å². The minimum Gasteiger partial charge on any atom is -0.494 e. The Morgan fingerprint density at radius 1 is 1.03 bits per heavy atom. The fourth-order valence-electron chi connectivity index (χ4n) is 4.18. The summed E-state index contributed by atoms with van der Waals surface area (Å²) in [6, 6.07) is 12.5. The van der Waals surface area contributed by atoms with E-state index in [1.165, 1.54) is 0 Å². The standard InChI is InChI=1S/C23H27ClN4O4S/c1-31-19-8-5-9-20(32-2)21(19)28-22(17-6-3-4-7-17)25-26-23(28)27-33(29,30)15-14-16-10-12-18(24)13-11-16/h5,8-13,17H,3-4,6-7,14-15H2,1-2H3,(H,26,27). The van der Waals surface area contributed by atoms with E-state index in [2.05, 4.69) is 14.9 Å². The first-order valence-electron chi connectivity index (χ1n) is 10.8. The first-order valence-corrected chi connectivity index (χ1v) is 12.9. The van der Waals surface area contributed by atoms with Crippen molar-refractivity contribution in [3.63, 3.8) is 0 Å². The molecule has 0 amide bonds. The molecule has 4 rings (SSSR count). The molecule has 10 heteroatoms. The van der Waals surface area contributed by atoms with Gasteiger partial charge in [-0.05, 0) is 49.1 Å². The number of benzene rings is 2. The number of sulfonamides is 1. The number of halogens is 1. The number of rotatable bonds is 9. The minimum absolute atomic E-state index is 0.108. The molecule has 1 aliphatic carbocycles. The second-order valence-electron chi connectivity index (χ2n) is 8.01. The summed E-state index contributed by atoms with van der Waals surface area (Å²) < 4.78 is 41.5. The van der Waals surface area contributed by atoms with E-state index < -0.39 is 10.0 Å². The highest BCUT2D eigenvalue weighted by Gasteiger charge is 2.29. The lowest BCUT2D eigenvalue weighted by atomic mass is 10.1. The number of ether oxygens (including phenoxy) is 2. The van der Waals surface area contributed by atoms with Crippen LogP contribution in [0.5, 0.6) is 11.5 Å². The maximum absolute atomic E-state index is 13.0. The van der Waals surface area contributed by atoms with Crippen LogP contribution in [0.25, 0.3) is 5.69 Å². The Balaban J connectivity index is 1.70. The number of aryl methyl sites for hydroxylation is 1. The molecule has 1 aromatic heterocycles. The Morgan fingerprint density at radius 2 is 1.67 bits per heavy atom. The largest absolute Gasteiger partial charge is 0.494 e. The molecular weight excluding hydrogens is 464 g/mol. The summed E-state index contributed by atoms with van der Waals surface area (Å²) >= 11 is 5.92. The second-order valence-corrected chi connectivity index (χ2v) is 10.3. The maximum Gasteiger partial charge on any atom is 0.243 e. The molecule has 0 saturated heterocycles. The first-order chi connectivity index (χ1) is 15.9. The number of hydrogen-bond acceptors (Lipinski definition) is 6. The van der Waals surface area contributed by atoms with E-state index in [-0.39, 0.29) is 17.6 Å². The SMILES string of the molecule is COc1cccc(OC)c1-n1c(NS(=O)(=O)CCc2ccc(Cl)cc2)nnc1C1CCCC1. The van der Waals surface area contributed by atoms with Gasteiger partial charge in [0.2, 0.25) is 16.0 Å². The number of nitrogens with one attached hydrogen (secondary N) is 1. The van der Waals surface area contributed by atoms with E-state index in [9.17, 15) is 8.42 Å². The van der Waals surface area contributed by atoms with Gasteiger partial charge < -0.3 is 9.47 Å². The lowest BCUT2D eigenvalue weighted by Gasteiger charge is -2.19. The van der Waals surface area contributed by atoms with Crippen molar-refractivity contribution in [3.8, 4) is 17.2 Å². The maximum atomic E-state index is 13.0. The highest BCUT2D eigenvalue weighted by Crippen LogP contribution is 2.40. The van der Waals surface area contributed by atoms with E-state index in [0.717, 1.165) is 31.2 Å². The molecule has 3 aromatic rings. The zero-order chi connectivity index (χ0) is 23.4. The van der Waals surface area contributed by atoms with Gasteiger partial charge in [0.15, 0.2) is 0 Å². The second kappa shape index (κ2) is 10.0. The van der Waals surface area contributed by atoms with Gasteiger partial charge >= 0.3 is 0 Å². The Morgan fingerprint density at radius 3 is 2.27 bits per heavy atom. The third-order valence-electron chi connectivity index (χ3n) is 5.85. The van der Waals surface area contributed by atoms with E-state index in [0.29, 0.717) is 34.5 Å². The number of aromatic nitrogens is 3. The predicted molar refractivity (Wildman–Crippen MR) is 128 cm³/mol. The predicted octanol–water partition coefficient (Wildman–Crippen LogP) is 4.58. The summed E-state index contributed by atoms with van der Waals surface area (Å²) in [7, 11) is -0.584. The molecule has 0 spiro atoms. The highest BCUT2D eigenvalue weighted by atomic mass is 35.5. The summed E-state index contributed by atoms with van der Waals surface area (Å²) in [5.41, 5.74) is 1.45. The lowest BCUT2D eigenvalue weighted by molar-refractivity contribution is 0.390. The van der Waals surface area contributed by atoms with Crippen LogP contribution in [0.1, 0.15) is 43.0 Å². The highest BCUT2D eigenvalue weighted by molar-refractivity contribution is 7.92. The zero-order valence-electron chi connectivity index (χ0n) is 18.6. The number of para-hydroxylation sites is 1. The van der Waals surface area contributed by atoms with Gasteiger partial charge in [-0.3, -0.25) is 9.29 Å². The van der Waals surface area contributed by atoms with Crippen LogP contribution in [0.4, 0.5) is 5.95 Å². The monoisotopic (exact) mass is 490 g/mol. The summed E-state index contributed by atoms with van der Waals surface area (Å²) in [6.45, 7) is 0. The van der Waals surface area contributed by atoms with Gasteiger partial charge in [0.25, 0.3) is 0 Å². The lowest BCUT2D eigenvalue weighted by Crippen LogP contribution is -2.21. The van der Waals surface area contributed by atoms with Crippen LogP contribution in [0.3, 0.4) is 0 Å². The van der Waals surface area contributed by atoms with Crippen LogP contribution < -0.4 is 14.2 Å². The summed E-state index contributed by atoms with van der Waals surface area (Å²) in [5, 5.41) is 9.24. The molecular formula is C23H27ClN4O4S. The molecule has 2 aromatic carbocycles. The van der Waals surface area contributed by atoms with Crippen molar-refractivity contribution in [1.82, 2.24) is 14.8 Å². The van der Waals surface area contributed by atoms with Crippen LogP contribution in [-0.2, 0) is 16.4 Å². The molecule has 33 heavy (non-hydrogen) atoms. The number of nitrogens with zero attached hydrogens (tertiary/aromatic N) is 3. The van der Waals surface area contributed by atoms with Gasteiger partial charge in [-0.1, -0.05) is 42.6 Å². The normalized spacial score (nSPS) is 14.4. The van der Waals surface area contributed by atoms with Gasteiger partial charge in [-0.25, -0.2) is 8.42 Å². The molecule has 0 bridgehead atoms. The summed E-state index contributed by atoms with van der Waals surface area (Å²) in [4.78, 5) is 0. The van der Waals surface area contributed by atoms with Crippen LogP contribution in [0.2, 0.25) is 5.02 Å². The van der Waals surface area contributed by atoms with Crippen LogP contribution in [-0.4, -0.2) is 43.2 Å². The molecule has 1 heterocycles. The average Bonchev–Trinajstić information content (AvgIpc) is 3.48. The van der Waals surface area contributed by atoms with Crippen LogP contribution in [0.15, 0.2) is 42.5 Å². The fraction of sp³-hybridized carbons (Fsp3) is 0.391. The van der Waals surface area contributed by atoms with Gasteiger partial charge in [0.05, 0.1) is 20.0 Å². The summed E-state index contributed by atoms with van der Waals surface area (Å²) in [5.74, 6) is 1.97. The smallest absolute Gasteiger partial charge is 0.243 e. The van der Waals surface area contributed by atoms with Crippen LogP contribution >= 0.6 is 11.6 Å². The first kappa shape index (κ1) is 23.4. The zero-order valence-corrected chi connectivity index (χ0v) is 20.2. The van der Waals surface area contributed by atoms with Gasteiger partial charge in [-0.2, -0.15) is 0 Å². The Labute approximate surface area is 198 Å². The molecule has 0 atom stereocenters. The molecule has 0 unspecified atom stereocenters. The van der Waals surface area contributed by atoms with Crippen molar-refractivity contribution >= 4 is 27.6 Å². The van der Waals surface area contributed by atoms with Crippen molar-refractivity contribution < 1.29 is 17.9 Å². The van der Waals surface area contributed by atoms with Crippen molar-refractivity contribution in [2.45, 2.75) is 38.0 Å². The number of hydrogen-bond donors (Lipinski definition) is 1. The van der Waals surface area contributed by atoms with E-state index in [4.69, 9.17) is 21.1 Å². The van der Waals surface area contributed by atoms with Gasteiger partial charge in [-0.15, -0.1) is 10.2 Å². The van der Waals surface area contributed by atoms with Crippen molar-refractivity contribution in [2.75, 3.05) is 24.7 Å². The third kappa shape index (κ3) is 5.25. The van der Waals surface area contributed by atoms with Crippen molar-refractivity contribution in [2.24, 2.45) is 0 Å². The topological polar surface area (TPSA) is 95.3 Å². The van der Waals surface area contributed by atoms with Crippen LogP contribution in [0, 0.1) is 0 Å². The minimum atomic E-state index is -3.71. The third-order valence-corrected chi connectivity index (χ3v) is 7.34. The molecule has 8 nitrogen and oxygen atoms in total. The van der Waals surface area contributed by atoms with E-state index in [1.54, 1.807) is 43.1 Å². The molecule has 1 N–H and O–H groups in total. The fourth-order valence-corrected chi connectivity index (χ4v) is 5.32. The molecule has 1 saturated carbocycles. The Hall–Kier alpha value is -2.78. The van der Waals surface area contributed by atoms with E-state index >= 15 is 0 Å². The summed E-state index contributed by atoms with van der Waals surface area (Å²) in [6.07, 6.45) is 4.48. The molecule has 176 valence electrons. The van der Waals surface area contributed by atoms with Crippen molar-refractivity contribution in [3.05, 3.63) is 58.9 Å².